The van der Waals surface area contributed by atoms with Crippen LogP contribution < -0.4 is 5.32 Å². The average Bonchev–Trinajstić information content (AvgIpc) is 2.92. The predicted molar refractivity (Wildman–Crippen MR) is 78.9 cm³/mol. The molecule has 0 radical (unpaired) electrons. The molecule has 2 saturated carbocycles. The second kappa shape index (κ2) is 6.91. The molecule has 0 amide bonds. The fourth-order valence-electron chi connectivity index (χ4n) is 4.18. The summed E-state index contributed by atoms with van der Waals surface area (Å²) in [5.41, 5.74) is 0. The van der Waals surface area contributed by atoms with Crippen LogP contribution >= 0.6 is 0 Å². The largest absolute Gasteiger partial charge is 0.317 e. The first kappa shape index (κ1) is 14.3. The molecule has 2 fully saturated rings. The highest BCUT2D eigenvalue weighted by Crippen LogP contribution is 2.33. The molecular weight excluding hydrogens is 220 g/mol. The maximum atomic E-state index is 3.57. The molecule has 3 atom stereocenters. The van der Waals surface area contributed by atoms with Gasteiger partial charge in [0.15, 0.2) is 0 Å². The third-order valence-electron chi connectivity index (χ3n) is 5.51. The van der Waals surface area contributed by atoms with E-state index in [1.807, 2.05) is 0 Å². The molecule has 0 aromatic heterocycles. The molecule has 18 heavy (non-hydrogen) atoms. The van der Waals surface area contributed by atoms with Crippen LogP contribution in [0.3, 0.4) is 0 Å². The minimum atomic E-state index is 0.761. The van der Waals surface area contributed by atoms with Crippen LogP contribution in [-0.4, -0.2) is 37.6 Å². The highest BCUT2D eigenvalue weighted by molar-refractivity contribution is 4.87. The highest BCUT2D eigenvalue weighted by atomic mass is 15.1. The zero-order valence-electron chi connectivity index (χ0n) is 12.6. The molecule has 0 aromatic rings. The van der Waals surface area contributed by atoms with Gasteiger partial charge in [-0.15, -0.1) is 0 Å². The van der Waals surface area contributed by atoms with E-state index in [0.29, 0.717) is 0 Å². The van der Waals surface area contributed by atoms with Crippen molar-refractivity contribution in [3.63, 3.8) is 0 Å². The molecule has 2 heteroatoms. The molecule has 0 saturated heterocycles. The number of hydrogen-bond acceptors (Lipinski definition) is 2. The second-order valence-corrected chi connectivity index (χ2v) is 6.62. The van der Waals surface area contributed by atoms with Crippen LogP contribution in [-0.2, 0) is 0 Å². The standard InChI is InChI=1S/C16H32N2/c1-4-13-9-10-16(17-2)14(11-13)12-18(3)15-7-5-6-8-15/h13-17H,4-12H2,1-3H3. The molecular formula is C16H32N2. The quantitative estimate of drug-likeness (QED) is 0.808. The van der Waals surface area contributed by atoms with E-state index in [9.17, 15) is 0 Å². The normalized spacial score (nSPS) is 34.3. The number of nitrogens with zero attached hydrogens (tertiary/aromatic N) is 1. The Labute approximate surface area is 114 Å². The molecule has 0 bridgehead atoms. The van der Waals surface area contributed by atoms with E-state index < -0.39 is 0 Å². The van der Waals surface area contributed by atoms with Gasteiger partial charge in [0.1, 0.15) is 0 Å². The van der Waals surface area contributed by atoms with Crippen LogP contribution in [0.2, 0.25) is 0 Å². The fraction of sp³-hybridized carbons (Fsp3) is 1.00. The Hall–Kier alpha value is -0.0800. The minimum Gasteiger partial charge on any atom is -0.317 e. The van der Waals surface area contributed by atoms with Gasteiger partial charge in [0.25, 0.3) is 0 Å². The molecule has 0 spiro atoms. The Morgan fingerprint density at radius 1 is 1.11 bits per heavy atom. The van der Waals surface area contributed by atoms with Gasteiger partial charge < -0.3 is 10.2 Å². The van der Waals surface area contributed by atoms with E-state index in [2.05, 4.69) is 31.2 Å². The van der Waals surface area contributed by atoms with Crippen LogP contribution in [0.4, 0.5) is 0 Å². The van der Waals surface area contributed by atoms with E-state index >= 15 is 0 Å². The van der Waals surface area contributed by atoms with Gasteiger partial charge in [0.05, 0.1) is 0 Å². The average molecular weight is 252 g/mol. The molecule has 0 aromatic carbocycles. The number of nitrogens with one attached hydrogen (secondary N) is 1. The summed E-state index contributed by atoms with van der Waals surface area (Å²) in [6.45, 7) is 3.68. The first-order valence-corrected chi connectivity index (χ1v) is 8.12. The molecule has 3 unspecified atom stereocenters. The van der Waals surface area contributed by atoms with E-state index in [0.717, 1.165) is 23.9 Å². The molecule has 2 nitrogen and oxygen atoms in total. The Balaban J connectivity index is 1.87. The molecule has 0 aliphatic heterocycles. The summed E-state index contributed by atoms with van der Waals surface area (Å²) in [4.78, 5) is 2.67. The summed E-state index contributed by atoms with van der Waals surface area (Å²) in [7, 11) is 4.51. The van der Waals surface area contributed by atoms with Gasteiger partial charge in [0.2, 0.25) is 0 Å². The lowest BCUT2D eigenvalue weighted by Crippen LogP contribution is -2.45. The van der Waals surface area contributed by atoms with Crippen molar-refractivity contribution < 1.29 is 0 Å². The third-order valence-corrected chi connectivity index (χ3v) is 5.51. The van der Waals surface area contributed by atoms with Crippen molar-refractivity contribution in [3.8, 4) is 0 Å². The van der Waals surface area contributed by atoms with Crippen molar-refractivity contribution in [2.24, 2.45) is 11.8 Å². The van der Waals surface area contributed by atoms with E-state index in [1.165, 1.54) is 57.9 Å². The molecule has 2 aliphatic carbocycles. The van der Waals surface area contributed by atoms with Crippen LogP contribution in [0, 0.1) is 11.8 Å². The Morgan fingerprint density at radius 2 is 1.83 bits per heavy atom. The van der Waals surface area contributed by atoms with E-state index in [1.54, 1.807) is 0 Å². The minimum absolute atomic E-state index is 0.761. The molecule has 0 heterocycles. The zero-order chi connectivity index (χ0) is 13.0. The van der Waals surface area contributed by atoms with Crippen molar-refractivity contribution in [2.45, 2.75) is 70.4 Å². The number of hydrogen-bond donors (Lipinski definition) is 1. The van der Waals surface area contributed by atoms with Crippen molar-refractivity contribution in [1.82, 2.24) is 10.2 Å². The van der Waals surface area contributed by atoms with Gasteiger partial charge in [-0.1, -0.05) is 26.2 Å². The maximum absolute atomic E-state index is 3.57. The number of rotatable bonds is 5. The van der Waals surface area contributed by atoms with Gasteiger partial charge in [-0.3, -0.25) is 0 Å². The molecule has 106 valence electrons. The van der Waals surface area contributed by atoms with Crippen molar-refractivity contribution >= 4 is 0 Å². The molecule has 1 N–H and O–H groups in total. The summed E-state index contributed by atoms with van der Waals surface area (Å²) in [5, 5.41) is 3.57. The van der Waals surface area contributed by atoms with Gasteiger partial charge in [-0.25, -0.2) is 0 Å². The molecule has 2 aliphatic rings. The summed E-state index contributed by atoms with van der Waals surface area (Å²) in [5.74, 6) is 1.86. The zero-order valence-corrected chi connectivity index (χ0v) is 12.6. The fourth-order valence-corrected chi connectivity index (χ4v) is 4.18. The van der Waals surface area contributed by atoms with Crippen molar-refractivity contribution in [3.05, 3.63) is 0 Å². The molecule has 2 rings (SSSR count). The summed E-state index contributed by atoms with van der Waals surface area (Å²) >= 11 is 0. The Kier molecular flexibility index (Phi) is 5.50. The Morgan fingerprint density at radius 3 is 2.44 bits per heavy atom. The van der Waals surface area contributed by atoms with Crippen molar-refractivity contribution in [2.75, 3.05) is 20.6 Å². The van der Waals surface area contributed by atoms with Crippen LogP contribution in [0.15, 0.2) is 0 Å². The first-order chi connectivity index (χ1) is 8.74. The van der Waals surface area contributed by atoms with E-state index in [4.69, 9.17) is 0 Å². The summed E-state index contributed by atoms with van der Waals surface area (Å²) in [6, 6.07) is 1.64. The van der Waals surface area contributed by atoms with Gasteiger partial charge in [-0.05, 0) is 58.0 Å². The predicted octanol–water partition coefficient (Wildman–Crippen LogP) is 3.28. The van der Waals surface area contributed by atoms with Crippen LogP contribution in [0.5, 0.6) is 0 Å². The lowest BCUT2D eigenvalue weighted by atomic mass is 9.76. The van der Waals surface area contributed by atoms with Gasteiger partial charge >= 0.3 is 0 Å². The Bertz CT molecular complexity index is 235. The topological polar surface area (TPSA) is 15.3 Å². The SMILES string of the molecule is CCC1CCC(NC)C(CN(C)C2CCCC2)C1. The van der Waals surface area contributed by atoms with Crippen LogP contribution in [0.25, 0.3) is 0 Å². The smallest absolute Gasteiger partial charge is 0.0105 e. The van der Waals surface area contributed by atoms with Gasteiger partial charge in [0, 0.05) is 18.6 Å². The maximum Gasteiger partial charge on any atom is 0.0105 e. The monoisotopic (exact) mass is 252 g/mol. The summed E-state index contributed by atoms with van der Waals surface area (Å²) in [6.07, 6.45) is 11.4. The lowest BCUT2D eigenvalue weighted by molar-refractivity contribution is 0.132. The third kappa shape index (κ3) is 3.48. The first-order valence-electron chi connectivity index (χ1n) is 8.12. The van der Waals surface area contributed by atoms with Crippen LogP contribution in [0.1, 0.15) is 58.3 Å². The highest BCUT2D eigenvalue weighted by Gasteiger charge is 2.31. The van der Waals surface area contributed by atoms with Gasteiger partial charge in [-0.2, -0.15) is 0 Å². The van der Waals surface area contributed by atoms with Crippen molar-refractivity contribution in [1.29, 1.82) is 0 Å². The summed E-state index contributed by atoms with van der Waals surface area (Å²) < 4.78 is 0. The lowest BCUT2D eigenvalue weighted by Gasteiger charge is -2.39. The second-order valence-electron chi connectivity index (χ2n) is 6.62. The van der Waals surface area contributed by atoms with E-state index in [-0.39, 0.29) is 0 Å².